The van der Waals surface area contributed by atoms with Crippen LogP contribution in [0.4, 0.5) is 0 Å². The number of hydrogen-bond donors (Lipinski definition) is 0. The maximum absolute atomic E-state index is 5.54. The second-order valence-electron chi connectivity index (χ2n) is 4.46. The van der Waals surface area contributed by atoms with Crippen molar-refractivity contribution in [1.82, 2.24) is 9.38 Å². The smallest absolute Gasteiger partial charge is 0.118 e. The minimum absolute atomic E-state index is 0.456. The first-order chi connectivity index (χ1) is 7.86. The van der Waals surface area contributed by atoms with Gasteiger partial charge in [0, 0.05) is 18.2 Å². The van der Waals surface area contributed by atoms with E-state index >= 15 is 0 Å². The van der Waals surface area contributed by atoms with Crippen LogP contribution in [-0.2, 0) is 4.74 Å². The van der Waals surface area contributed by atoms with Gasteiger partial charge in [0.05, 0.1) is 18.3 Å². The quantitative estimate of drug-likeness (QED) is 0.732. The third-order valence-corrected chi connectivity index (χ3v) is 3.30. The Kier molecular flexibility index (Phi) is 2.40. The number of pyridine rings is 1. The molecule has 1 aliphatic heterocycles. The van der Waals surface area contributed by atoms with Gasteiger partial charge in [-0.1, -0.05) is 6.07 Å². The first-order valence-corrected chi connectivity index (χ1v) is 5.87. The predicted molar refractivity (Wildman–Crippen MR) is 62.7 cm³/mol. The number of imidazole rings is 1. The van der Waals surface area contributed by atoms with Gasteiger partial charge in [0.2, 0.25) is 0 Å². The SMILES string of the molecule is Cc1cccc2cnc(C3CCCOC3)n12. The fraction of sp³-hybridized carbons (Fsp3) is 0.462. The molecular formula is C13H16N2O. The van der Waals surface area contributed by atoms with Crippen molar-refractivity contribution in [1.29, 1.82) is 0 Å². The lowest BCUT2D eigenvalue weighted by atomic mass is 10.0. The molecule has 2 aromatic rings. The molecule has 0 N–H and O–H groups in total. The van der Waals surface area contributed by atoms with Gasteiger partial charge in [0.25, 0.3) is 0 Å². The molecule has 1 unspecified atom stereocenters. The van der Waals surface area contributed by atoms with Crippen molar-refractivity contribution in [3.8, 4) is 0 Å². The van der Waals surface area contributed by atoms with Crippen LogP contribution in [0.1, 0.15) is 30.3 Å². The van der Waals surface area contributed by atoms with E-state index in [9.17, 15) is 0 Å². The number of aryl methyl sites for hydroxylation is 1. The number of nitrogens with zero attached hydrogens (tertiary/aromatic N) is 2. The maximum Gasteiger partial charge on any atom is 0.118 e. The zero-order valence-electron chi connectivity index (χ0n) is 9.52. The van der Waals surface area contributed by atoms with Crippen molar-refractivity contribution in [2.45, 2.75) is 25.7 Å². The van der Waals surface area contributed by atoms with E-state index in [-0.39, 0.29) is 0 Å². The van der Waals surface area contributed by atoms with E-state index in [0.717, 1.165) is 25.5 Å². The first-order valence-electron chi connectivity index (χ1n) is 5.87. The highest BCUT2D eigenvalue weighted by Crippen LogP contribution is 2.25. The van der Waals surface area contributed by atoms with Gasteiger partial charge >= 0.3 is 0 Å². The Bertz CT molecular complexity index is 498. The average Bonchev–Trinajstić information content (AvgIpc) is 2.75. The Labute approximate surface area is 95.1 Å². The van der Waals surface area contributed by atoms with Gasteiger partial charge in [-0.15, -0.1) is 0 Å². The lowest BCUT2D eigenvalue weighted by Crippen LogP contribution is -2.18. The van der Waals surface area contributed by atoms with Crippen molar-refractivity contribution in [2.75, 3.05) is 13.2 Å². The maximum atomic E-state index is 5.54. The molecule has 2 aromatic heterocycles. The Morgan fingerprint density at radius 1 is 1.44 bits per heavy atom. The molecule has 0 bridgehead atoms. The topological polar surface area (TPSA) is 26.5 Å². The van der Waals surface area contributed by atoms with Gasteiger partial charge in [0.1, 0.15) is 5.82 Å². The summed E-state index contributed by atoms with van der Waals surface area (Å²) in [6, 6.07) is 6.31. The number of rotatable bonds is 1. The summed E-state index contributed by atoms with van der Waals surface area (Å²) < 4.78 is 7.79. The van der Waals surface area contributed by atoms with Gasteiger partial charge in [-0.05, 0) is 31.9 Å². The van der Waals surface area contributed by atoms with Crippen LogP contribution in [0.25, 0.3) is 5.52 Å². The largest absolute Gasteiger partial charge is 0.381 e. The number of ether oxygens (including phenoxy) is 1. The molecule has 1 saturated heterocycles. The lowest BCUT2D eigenvalue weighted by molar-refractivity contribution is 0.0779. The molecule has 0 radical (unpaired) electrons. The van der Waals surface area contributed by atoms with E-state index in [0.29, 0.717) is 5.92 Å². The summed E-state index contributed by atoms with van der Waals surface area (Å²) >= 11 is 0. The van der Waals surface area contributed by atoms with Crippen molar-refractivity contribution < 1.29 is 4.74 Å². The standard InChI is InChI=1S/C13H16N2O/c1-10-4-2-6-12-8-14-13(15(10)12)11-5-3-7-16-9-11/h2,4,6,8,11H,3,5,7,9H2,1H3. The summed E-state index contributed by atoms with van der Waals surface area (Å²) in [4.78, 5) is 4.56. The predicted octanol–water partition coefficient (Wildman–Crippen LogP) is 2.54. The van der Waals surface area contributed by atoms with Crippen molar-refractivity contribution in [3.05, 3.63) is 35.9 Å². The van der Waals surface area contributed by atoms with Gasteiger partial charge in [-0.2, -0.15) is 0 Å². The summed E-state index contributed by atoms with van der Waals surface area (Å²) in [5.74, 6) is 1.62. The number of aromatic nitrogens is 2. The van der Waals surface area contributed by atoms with Crippen LogP contribution in [0.2, 0.25) is 0 Å². The van der Waals surface area contributed by atoms with Crippen LogP contribution in [0.5, 0.6) is 0 Å². The van der Waals surface area contributed by atoms with Gasteiger partial charge in [-0.3, -0.25) is 0 Å². The molecule has 3 rings (SSSR count). The van der Waals surface area contributed by atoms with Crippen LogP contribution in [0.15, 0.2) is 24.4 Å². The molecule has 3 heteroatoms. The summed E-state index contributed by atoms with van der Waals surface area (Å²) in [6.45, 7) is 3.84. The highest BCUT2D eigenvalue weighted by molar-refractivity contribution is 5.47. The zero-order valence-corrected chi connectivity index (χ0v) is 9.52. The molecule has 0 aromatic carbocycles. The van der Waals surface area contributed by atoms with Crippen molar-refractivity contribution >= 4 is 5.52 Å². The second-order valence-corrected chi connectivity index (χ2v) is 4.46. The van der Waals surface area contributed by atoms with Crippen molar-refractivity contribution in [2.24, 2.45) is 0 Å². The highest BCUT2D eigenvalue weighted by atomic mass is 16.5. The molecule has 0 saturated carbocycles. The molecule has 0 spiro atoms. The highest BCUT2D eigenvalue weighted by Gasteiger charge is 2.20. The molecule has 0 amide bonds. The van der Waals surface area contributed by atoms with Crippen molar-refractivity contribution in [3.63, 3.8) is 0 Å². The van der Waals surface area contributed by atoms with Crippen LogP contribution < -0.4 is 0 Å². The van der Waals surface area contributed by atoms with Crippen LogP contribution >= 0.6 is 0 Å². The van der Waals surface area contributed by atoms with E-state index in [1.54, 1.807) is 0 Å². The van der Waals surface area contributed by atoms with E-state index in [1.165, 1.54) is 17.6 Å². The summed E-state index contributed by atoms with van der Waals surface area (Å²) in [7, 11) is 0. The number of fused-ring (bicyclic) bond motifs is 1. The monoisotopic (exact) mass is 216 g/mol. The third-order valence-electron chi connectivity index (χ3n) is 3.30. The molecule has 1 aliphatic rings. The summed E-state index contributed by atoms with van der Waals surface area (Å²) in [5, 5.41) is 0. The molecule has 1 fully saturated rings. The molecule has 3 nitrogen and oxygen atoms in total. The Balaban J connectivity index is 2.09. The molecule has 0 aliphatic carbocycles. The van der Waals surface area contributed by atoms with Crippen LogP contribution in [0, 0.1) is 6.92 Å². The molecule has 84 valence electrons. The van der Waals surface area contributed by atoms with Crippen LogP contribution in [0.3, 0.4) is 0 Å². The third kappa shape index (κ3) is 1.52. The minimum atomic E-state index is 0.456. The van der Waals surface area contributed by atoms with E-state index in [4.69, 9.17) is 4.74 Å². The fourth-order valence-electron chi connectivity index (χ4n) is 2.47. The first kappa shape index (κ1) is 9.85. The minimum Gasteiger partial charge on any atom is -0.381 e. The lowest BCUT2D eigenvalue weighted by Gasteiger charge is -2.21. The Morgan fingerprint density at radius 2 is 2.38 bits per heavy atom. The molecule has 16 heavy (non-hydrogen) atoms. The average molecular weight is 216 g/mol. The molecular weight excluding hydrogens is 200 g/mol. The Hall–Kier alpha value is -1.35. The molecule has 1 atom stereocenters. The van der Waals surface area contributed by atoms with Gasteiger partial charge in [-0.25, -0.2) is 4.98 Å². The van der Waals surface area contributed by atoms with E-state index in [1.807, 2.05) is 6.20 Å². The summed E-state index contributed by atoms with van der Waals surface area (Å²) in [6.07, 6.45) is 4.29. The second kappa shape index (κ2) is 3.91. The zero-order chi connectivity index (χ0) is 11.0. The molecule has 3 heterocycles. The van der Waals surface area contributed by atoms with Crippen LogP contribution in [-0.4, -0.2) is 22.6 Å². The van der Waals surface area contributed by atoms with Gasteiger partial charge in [0.15, 0.2) is 0 Å². The van der Waals surface area contributed by atoms with E-state index < -0.39 is 0 Å². The Morgan fingerprint density at radius 3 is 3.19 bits per heavy atom. The fourth-order valence-corrected chi connectivity index (χ4v) is 2.47. The van der Waals surface area contributed by atoms with E-state index in [2.05, 4.69) is 34.5 Å². The number of hydrogen-bond acceptors (Lipinski definition) is 2. The normalized spacial score (nSPS) is 21.4. The van der Waals surface area contributed by atoms with Gasteiger partial charge < -0.3 is 9.14 Å². The summed E-state index contributed by atoms with van der Waals surface area (Å²) in [5.41, 5.74) is 2.43.